The molecular weight excluding hydrogens is 186 g/mol. The number of rotatable bonds is 2. The van der Waals surface area contributed by atoms with Crippen molar-refractivity contribution in [1.29, 1.82) is 0 Å². The summed E-state index contributed by atoms with van der Waals surface area (Å²) < 4.78 is 6.09. The molecule has 2 heterocycles. The number of imidazole rings is 1. The number of anilines is 1. The first-order chi connectivity index (χ1) is 6.31. The van der Waals surface area contributed by atoms with Gasteiger partial charge in [0.25, 0.3) is 0 Å². The van der Waals surface area contributed by atoms with Crippen molar-refractivity contribution in [3.8, 4) is 11.5 Å². The van der Waals surface area contributed by atoms with E-state index in [9.17, 15) is 0 Å². The molecule has 6 heteroatoms. The number of hydrogen-bond acceptors (Lipinski definition) is 5. The molecule has 0 aliphatic carbocycles. The summed E-state index contributed by atoms with van der Waals surface area (Å²) in [6.07, 6.45) is 3.50. The van der Waals surface area contributed by atoms with Crippen LogP contribution in [0.5, 0.6) is 0 Å². The maximum Gasteiger partial charge on any atom is 0.200 e. The normalized spacial score (nSPS) is 10.5. The van der Waals surface area contributed by atoms with Crippen molar-refractivity contribution < 1.29 is 0 Å². The van der Waals surface area contributed by atoms with Crippen LogP contribution < -0.4 is 5.73 Å². The Morgan fingerprint density at radius 2 is 2.46 bits per heavy atom. The number of hydrogen-bond donors (Lipinski definition) is 1. The summed E-state index contributed by atoms with van der Waals surface area (Å²) in [7, 11) is 0. The van der Waals surface area contributed by atoms with Crippen LogP contribution in [0, 0.1) is 0 Å². The molecule has 0 fully saturated rings. The Balaban J connectivity index is 2.45. The van der Waals surface area contributed by atoms with Gasteiger partial charge in [-0.1, -0.05) is 0 Å². The van der Waals surface area contributed by atoms with E-state index in [1.54, 1.807) is 12.5 Å². The van der Waals surface area contributed by atoms with E-state index in [0.717, 1.165) is 12.2 Å². The fourth-order valence-electron chi connectivity index (χ4n) is 1.10. The zero-order valence-electron chi connectivity index (χ0n) is 7.14. The monoisotopic (exact) mass is 195 g/mol. The second kappa shape index (κ2) is 3.14. The van der Waals surface area contributed by atoms with Gasteiger partial charge in [-0.3, -0.25) is 0 Å². The predicted octanol–water partition coefficient (Wildman–Crippen LogP) is 1.00. The lowest BCUT2D eigenvalue weighted by Gasteiger charge is -1.98. The Bertz CT molecular complexity index is 404. The molecule has 2 aromatic rings. The topological polar surface area (TPSA) is 69.6 Å². The lowest BCUT2D eigenvalue weighted by atomic mass is 10.4. The van der Waals surface area contributed by atoms with Crippen molar-refractivity contribution in [2.24, 2.45) is 0 Å². The van der Waals surface area contributed by atoms with Crippen LogP contribution in [0.3, 0.4) is 0 Å². The maximum absolute atomic E-state index is 5.49. The fraction of sp³-hybridized carbons (Fsp3) is 0.286. The number of nitrogens with zero attached hydrogens (tertiary/aromatic N) is 4. The van der Waals surface area contributed by atoms with Gasteiger partial charge in [0.1, 0.15) is 5.69 Å². The van der Waals surface area contributed by atoms with Crippen molar-refractivity contribution in [3.63, 3.8) is 0 Å². The molecule has 0 atom stereocenters. The largest absolute Gasteiger partial charge is 0.374 e. The molecule has 2 aromatic heterocycles. The summed E-state index contributed by atoms with van der Waals surface area (Å²) in [5, 5.41) is 0.485. The Morgan fingerprint density at radius 3 is 3.08 bits per heavy atom. The SMILES string of the molecule is CCn1cncc1-c1nsc(N)n1. The van der Waals surface area contributed by atoms with Crippen LogP contribution >= 0.6 is 11.5 Å². The lowest BCUT2D eigenvalue weighted by Crippen LogP contribution is -1.95. The molecule has 2 rings (SSSR count). The number of nitrogens with two attached hydrogens (primary N) is 1. The van der Waals surface area contributed by atoms with E-state index in [2.05, 4.69) is 14.3 Å². The average Bonchev–Trinajstić information content (AvgIpc) is 2.71. The highest BCUT2D eigenvalue weighted by Gasteiger charge is 2.08. The van der Waals surface area contributed by atoms with E-state index in [1.807, 2.05) is 11.5 Å². The third kappa shape index (κ3) is 1.40. The Morgan fingerprint density at radius 1 is 1.62 bits per heavy atom. The molecule has 0 saturated carbocycles. The minimum Gasteiger partial charge on any atom is -0.374 e. The second-order valence-electron chi connectivity index (χ2n) is 2.52. The fourth-order valence-corrected chi connectivity index (χ4v) is 1.54. The quantitative estimate of drug-likeness (QED) is 0.776. The highest BCUT2D eigenvalue weighted by atomic mass is 32.1. The number of nitrogen functional groups attached to an aromatic ring is 1. The van der Waals surface area contributed by atoms with Crippen molar-refractivity contribution in [2.45, 2.75) is 13.5 Å². The molecule has 0 aliphatic rings. The molecule has 0 amide bonds. The first-order valence-corrected chi connectivity index (χ1v) is 4.68. The standard InChI is InChI=1S/C7H9N5S/c1-2-12-4-9-3-5(12)6-10-7(8)13-11-6/h3-4H,2H2,1H3,(H2,8,10,11). The molecule has 0 radical (unpaired) electrons. The van der Waals surface area contributed by atoms with Crippen LogP contribution in [0.4, 0.5) is 5.13 Å². The van der Waals surface area contributed by atoms with Crippen LogP contribution in [-0.2, 0) is 6.54 Å². The number of aryl methyl sites for hydroxylation is 1. The van der Waals surface area contributed by atoms with Gasteiger partial charge < -0.3 is 10.3 Å². The third-order valence-electron chi connectivity index (χ3n) is 1.72. The summed E-state index contributed by atoms with van der Waals surface area (Å²) in [4.78, 5) is 8.11. The molecule has 13 heavy (non-hydrogen) atoms. The minimum atomic E-state index is 0.485. The summed E-state index contributed by atoms with van der Waals surface area (Å²) in [5.41, 5.74) is 6.40. The molecule has 0 spiro atoms. The van der Waals surface area contributed by atoms with Crippen LogP contribution in [-0.4, -0.2) is 18.9 Å². The van der Waals surface area contributed by atoms with E-state index in [4.69, 9.17) is 5.73 Å². The van der Waals surface area contributed by atoms with Crippen LogP contribution in [0.1, 0.15) is 6.92 Å². The Labute approximate surface area is 79.4 Å². The van der Waals surface area contributed by atoms with Gasteiger partial charge >= 0.3 is 0 Å². The highest BCUT2D eigenvalue weighted by Crippen LogP contribution is 2.18. The molecule has 68 valence electrons. The molecule has 0 unspecified atom stereocenters. The summed E-state index contributed by atoms with van der Waals surface area (Å²) >= 11 is 1.20. The minimum absolute atomic E-state index is 0.485. The van der Waals surface area contributed by atoms with Crippen molar-refractivity contribution in [3.05, 3.63) is 12.5 Å². The van der Waals surface area contributed by atoms with Crippen LogP contribution in [0.2, 0.25) is 0 Å². The first-order valence-electron chi connectivity index (χ1n) is 3.91. The van der Waals surface area contributed by atoms with Crippen molar-refractivity contribution in [2.75, 3.05) is 5.73 Å². The van der Waals surface area contributed by atoms with E-state index < -0.39 is 0 Å². The van der Waals surface area contributed by atoms with Gasteiger partial charge in [0, 0.05) is 18.1 Å². The molecule has 0 saturated heterocycles. The van der Waals surface area contributed by atoms with E-state index in [0.29, 0.717) is 11.0 Å². The molecule has 0 aromatic carbocycles. The summed E-state index contributed by atoms with van der Waals surface area (Å²) in [5.74, 6) is 0.654. The second-order valence-corrected chi connectivity index (χ2v) is 3.30. The highest BCUT2D eigenvalue weighted by molar-refractivity contribution is 7.09. The zero-order chi connectivity index (χ0) is 9.26. The van der Waals surface area contributed by atoms with Gasteiger partial charge in [-0.05, 0) is 6.92 Å². The smallest absolute Gasteiger partial charge is 0.200 e. The van der Waals surface area contributed by atoms with Gasteiger partial charge in [-0.25, -0.2) is 4.98 Å². The summed E-state index contributed by atoms with van der Waals surface area (Å²) in [6.45, 7) is 2.90. The van der Waals surface area contributed by atoms with E-state index >= 15 is 0 Å². The maximum atomic E-state index is 5.49. The van der Waals surface area contributed by atoms with Gasteiger partial charge in [0.05, 0.1) is 12.5 Å². The van der Waals surface area contributed by atoms with E-state index in [-0.39, 0.29) is 0 Å². The molecule has 0 aliphatic heterocycles. The summed E-state index contributed by atoms with van der Waals surface area (Å²) in [6, 6.07) is 0. The van der Waals surface area contributed by atoms with E-state index in [1.165, 1.54) is 11.5 Å². The zero-order valence-corrected chi connectivity index (χ0v) is 7.95. The number of aromatic nitrogens is 4. The predicted molar refractivity (Wildman–Crippen MR) is 51.2 cm³/mol. The molecule has 5 nitrogen and oxygen atoms in total. The third-order valence-corrected chi connectivity index (χ3v) is 2.27. The van der Waals surface area contributed by atoms with Crippen LogP contribution in [0.25, 0.3) is 11.5 Å². The van der Waals surface area contributed by atoms with Gasteiger partial charge in [0.2, 0.25) is 0 Å². The van der Waals surface area contributed by atoms with Gasteiger partial charge in [0.15, 0.2) is 11.0 Å². The molecule has 2 N–H and O–H groups in total. The van der Waals surface area contributed by atoms with Gasteiger partial charge in [-0.15, -0.1) is 0 Å². The first kappa shape index (κ1) is 8.18. The van der Waals surface area contributed by atoms with Crippen molar-refractivity contribution >= 4 is 16.7 Å². The Kier molecular flexibility index (Phi) is 1.97. The van der Waals surface area contributed by atoms with Crippen molar-refractivity contribution in [1.82, 2.24) is 18.9 Å². The lowest BCUT2D eigenvalue weighted by molar-refractivity contribution is 0.765. The molecular formula is C7H9N5S. The average molecular weight is 195 g/mol. The Hall–Kier alpha value is -1.43. The van der Waals surface area contributed by atoms with Crippen LogP contribution in [0.15, 0.2) is 12.5 Å². The van der Waals surface area contributed by atoms with Gasteiger partial charge in [-0.2, -0.15) is 9.36 Å². The molecule has 0 bridgehead atoms.